The molecule has 1 aromatic heterocycles. The van der Waals surface area contributed by atoms with Gasteiger partial charge in [0.25, 0.3) is 0 Å². The first-order valence-corrected chi connectivity index (χ1v) is 9.11. The van der Waals surface area contributed by atoms with E-state index in [4.69, 9.17) is 0 Å². The molecule has 3 aromatic rings. The van der Waals surface area contributed by atoms with Gasteiger partial charge in [0.1, 0.15) is 23.1 Å². The van der Waals surface area contributed by atoms with Gasteiger partial charge in [0.05, 0.1) is 0 Å². The van der Waals surface area contributed by atoms with Crippen molar-refractivity contribution in [3.63, 3.8) is 0 Å². The summed E-state index contributed by atoms with van der Waals surface area (Å²) >= 11 is 0. The zero-order chi connectivity index (χ0) is 23.6. The number of halogens is 6. The molecule has 0 fully saturated rings. The van der Waals surface area contributed by atoms with Gasteiger partial charge in [-0.3, -0.25) is 0 Å². The van der Waals surface area contributed by atoms with Crippen LogP contribution in [0.4, 0.5) is 26.3 Å². The molecule has 0 amide bonds. The Balaban J connectivity index is 2.32. The molecule has 0 aliphatic carbocycles. The van der Waals surface area contributed by atoms with E-state index < -0.39 is 47.0 Å². The number of hydrogen-bond donors (Lipinski definition) is 1. The van der Waals surface area contributed by atoms with Gasteiger partial charge in [0, 0.05) is 11.1 Å². The maximum Gasteiger partial charge on any atom is 0.573 e. The number of hydrogen-bond acceptors (Lipinski definition) is 6. The molecular weight excluding hydrogens is 446 g/mol. The number of rotatable bonds is 7. The van der Waals surface area contributed by atoms with E-state index in [9.17, 15) is 31.4 Å². The standard InChI is InChI=1S/C19H16F6N4O3/c1-2-16(29-27-11-26-28-29)17(30,12-7-3-5-9-14(12)31-18(20,21)22)13-8-4-6-10-15(13)32-19(23,24)25/h3-11,16,30H,2H2,1H3. The second kappa shape index (κ2) is 8.65. The number of para-hydroxylation sites is 2. The molecule has 0 bridgehead atoms. The average molecular weight is 462 g/mol. The molecule has 0 aliphatic heterocycles. The van der Waals surface area contributed by atoms with Crippen LogP contribution in [0.5, 0.6) is 11.5 Å². The van der Waals surface area contributed by atoms with Crippen LogP contribution in [0.2, 0.25) is 0 Å². The number of aliphatic hydroxyl groups is 1. The summed E-state index contributed by atoms with van der Waals surface area (Å²) < 4.78 is 86.4. The summed E-state index contributed by atoms with van der Waals surface area (Å²) in [4.78, 5) is 0.898. The summed E-state index contributed by atoms with van der Waals surface area (Å²) in [5.74, 6) is -1.63. The molecule has 1 unspecified atom stereocenters. The molecule has 3 rings (SSSR count). The third-order valence-electron chi connectivity index (χ3n) is 4.56. The van der Waals surface area contributed by atoms with E-state index in [2.05, 4.69) is 24.9 Å². The highest BCUT2D eigenvalue weighted by molar-refractivity contribution is 5.50. The minimum absolute atomic E-state index is 0.0203. The van der Waals surface area contributed by atoms with Gasteiger partial charge in [-0.1, -0.05) is 43.3 Å². The highest BCUT2D eigenvalue weighted by Gasteiger charge is 2.48. The van der Waals surface area contributed by atoms with Crippen molar-refractivity contribution in [2.45, 2.75) is 37.7 Å². The van der Waals surface area contributed by atoms with Crippen LogP contribution in [0.15, 0.2) is 54.9 Å². The molecule has 1 heterocycles. The van der Waals surface area contributed by atoms with E-state index in [0.29, 0.717) is 0 Å². The van der Waals surface area contributed by atoms with Crippen LogP contribution in [-0.2, 0) is 5.60 Å². The normalized spacial score (nSPS) is 13.6. The highest BCUT2D eigenvalue weighted by Crippen LogP contribution is 2.48. The number of aromatic nitrogens is 4. The maximum atomic E-state index is 13.1. The molecule has 0 saturated heterocycles. The Hall–Kier alpha value is -3.35. The minimum atomic E-state index is -5.13. The van der Waals surface area contributed by atoms with Crippen molar-refractivity contribution in [3.05, 3.63) is 66.0 Å². The molecule has 0 aliphatic rings. The van der Waals surface area contributed by atoms with Crippen molar-refractivity contribution in [1.82, 2.24) is 20.2 Å². The molecular formula is C19H16F6N4O3. The topological polar surface area (TPSA) is 82.3 Å². The monoisotopic (exact) mass is 462 g/mol. The first-order chi connectivity index (χ1) is 15.0. The van der Waals surface area contributed by atoms with E-state index in [1.165, 1.54) is 24.3 Å². The zero-order valence-corrected chi connectivity index (χ0v) is 16.3. The van der Waals surface area contributed by atoms with Gasteiger partial charge in [-0.2, -0.15) is 4.80 Å². The maximum absolute atomic E-state index is 13.1. The summed E-state index contributed by atoms with van der Waals surface area (Å²) in [6.07, 6.45) is -9.27. The van der Waals surface area contributed by atoms with E-state index in [0.717, 1.165) is 35.4 Å². The van der Waals surface area contributed by atoms with Crippen LogP contribution < -0.4 is 9.47 Å². The summed E-state index contributed by atoms with van der Waals surface area (Å²) in [6, 6.07) is 7.83. The van der Waals surface area contributed by atoms with Gasteiger partial charge in [-0.15, -0.1) is 36.5 Å². The van der Waals surface area contributed by atoms with Crippen LogP contribution in [-0.4, -0.2) is 38.0 Å². The van der Waals surface area contributed by atoms with Gasteiger partial charge < -0.3 is 14.6 Å². The zero-order valence-electron chi connectivity index (χ0n) is 16.3. The summed E-state index contributed by atoms with van der Waals surface area (Å²) in [5, 5.41) is 22.9. The summed E-state index contributed by atoms with van der Waals surface area (Å²) in [5.41, 5.74) is -3.50. The molecule has 2 aromatic carbocycles. The lowest BCUT2D eigenvalue weighted by Crippen LogP contribution is -2.40. The van der Waals surface area contributed by atoms with Crippen molar-refractivity contribution in [2.24, 2.45) is 0 Å². The van der Waals surface area contributed by atoms with Gasteiger partial charge in [-0.05, 0) is 23.8 Å². The molecule has 13 heteroatoms. The van der Waals surface area contributed by atoms with E-state index >= 15 is 0 Å². The third-order valence-corrected chi connectivity index (χ3v) is 4.56. The molecule has 0 saturated carbocycles. The fraction of sp³-hybridized carbons (Fsp3) is 0.316. The van der Waals surface area contributed by atoms with Crippen molar-refractivity contribution in [3.8, 4) is 11.5 Å². The molecule has 172 valence electrons. The van der Waals surface area contributed by atoms with Crippen LogP contribution in [0.25, 0.3) is 0 Å². The Morgan fingerprint density at radius 3 is 1.72 bits per heavy atom. The average Bonchev–Trinajstić information content (AvgIpc) is 3.21. The van der Waals surface area contributed by atoms with Crippen LogP contribution in [0.1, 0.15) is 30.5 Å². The van der Waals surface area contributed by atoms with Crippen LogP contribution >= 0.6 is 0 Å². The fourth-order valence-electron chi connectivity index (χ4n) is 3.44. The lowest BCUT2D eigenvalue weighted by atomic mass is 9.78. The summed E-state index contributed by atoms with van der Waals surface area (Å²) in [6.45, 7) is 1.54. The lowest BCUT2D eigenvalue weighted by Gasteiger charge is -2.37. The van der Waals surface area contributed by atoms with Crippen LogP contribution in [0.3, 0.4) is 0 Å². The van der Waals surface area contributed by atoms with Gasteiger partial charge in [-0.25, -0.2) is 0 Å². The lowest BCUT2D eigenvalue weighted by molar-refractivity contribution is -0.275. The summed E-state index contributed by atoms with van der Waals surface area (Å²) in [7, 11) is 0. The van der Waals surface area contributed by atoms with Crippen molar-refractivity contribution >= 4 is 0 Å². The first-order valence-electron chi connectivity index (χ1n) is 9.11. The minimum Gasteiger partial charge on any atom is -0.405 e. The van der Waals surface area contributed by atoms with Gasteiger partial charge >= 0.3 is 12.7 Å². The predicted molar refractivity (Wildman–Crippen MR) is 96.4 cm³/mol. The van der Waals surface area contributed by atoms with Gasteiger partial charge in [0.15, 0.2) is 6.33 Å². The van der Waals surface area contributed by atoms with E-state index in [1.807, 2.05) is 0 Å². The molecule has 7 nitrogen and oxygen atoms in total. The number of tetrazole rings is 1. The molecule has 0 radical (unpaired) electrons. The number of alkyl halides is 6. The molecule has 1 N–H and O–H groups in total. The molecule has 1 atom stereocenters. The Kier molecular flexibility index (Phi) is 6.30. The van der Waals surface area contributed by atoms with Crippen molar-refractivity contribution in [1.29, 1.82) is 0 Å². The quantitative estimate of drug-likeness (QED) is 0.526. The second-order valence-corrected chi connectivity index (χ2v) is 6.53. The molecule has 32 heavy (non-hydrogen) atoms. The smallest absolute Gasteiger partial charge is 0.405 e. The Labute approximate surface area is 177 Å². The number of ether oxygens (including phenoxy) is 2. The predicted octanol–water partition coefficient (Wildman–Crippen LogP) is 4.36. The van der Waals surface area contributed by atoms with Crippen LogP contribution in [0, 0.1) is 0 Å². The fourth-order valence-corrected chi connectivity index (χ4v) is 3.44. The van der Waals surface area contributed by atoms with E-state index in [-0.39, 0.29) is 6.42 Å². The van der Waals surface area contributed by atoms with E-state index in [1.54, 1.807) is 6.92 Å². The Morgan fingerprint density at radius 2 is 1.34 bits per heavy atom. The number of nitrogens with zero attached hydrogens (tertiary/aromatic N) is 4. The van der Waals surface area contributed by atoms with Crippen molar-refractivity contribution < 1.29 is 40.9 Å². The van der Waals surface area contributed by atoms with Gasteiger partial charge in [0.2, 0.25) is 0 Å². The third kappa shape index (κ3) is 4.93. The second-order valence-electron chi connectivity index (χ2n) is 6.53. The molecule has 0 spiro atoms. The largest absolute Gasteiger partial charge is 0.573 e. The number of benzene rings is 2. The Morgan fingerprint density at radius 1 is 0.875 bits per heavy atom. The SMILES string of the molecule is CCC(n1ncnn1)C(O)(c1ccccc1OC(F)(F)F)c1ccccc1OC(F)(F)F. The Bertz CT molecular complexity index is 981. The first kappa shape index (κ1) is 23.3. The highest BCUT2D eigenvalue weighted by atomic mass is 19.4. The van der Waals surface area contributed by atoms with Crippen molar-refractivity contribution in [2.75, 3.05) is 0 Å².